The van der Waals surface area contributed by atoms with Crippen LogP contribution in [-0.4, -0.2) is 20.7 Å². The standard InChI is InChI=1S/C19H20N4O/c1-13-4-5-17(10-14(13)2)23-15(3)11-18(22-23)19(24)21-12-16-6-8-20-9-7-16/h4-11H,12H2,1-3H3,(H,21,24). The minimum absolute atomic E-state index is 0.183. The van der Waals surface area contributed by atoms with Crippen LogP contribution < -0.4 is 5.32 Å². The summed E-state index contributed by atoms with van der Waals surface area (Å²) >= 11 is 0. The number of hydrogen-bond acceptors (Lipinski definition) is 3. The van der Waals surface area contributed by atoms with Crippen molar-refractivity contribution in [2.75, 3.05) is 0 Å². The van der Waals surface area contributed by atoms with Crippen molar-refractivity contribution in [2.24, 2.45) is 0 Å². The highest BCUT2D eigenvalue weighted by Crippen LogP contribution is 2.16. The van der Waals surface area contributed by atoms with Gasteiger partial charge in [-0.25, -0.2) is 4.68 Å². The number of pyridine rings is 1. The molecule has 0 aliphatic heterocycles. The Hall–Kier alpha value is -2.95. The summed E-state index contributed by atoms with van der Waals surface area (Å²) in [6.07, 6.45) is 3.42. The quantitative estimate of drug-likeness (QED) is 0.803. The molecule has 0 spiro atoms. The molecule has 1 amide bonds. The van der Waals surface area contributed by atoms with Gasteiger partial charge in [0.2, 0.25) is 0 Å². The third-order valence-corrected chi connectivity index (χ3v) is 4.06. The van der Waals surface area contributed by atoms with Crippen molar-refractivity contribution in [1.29, 1.82) is 0 Å². The molecule has 0 aliphatic rings. The maximum atomic E-state index is 12.3. The third-order valence-electron chi connectivity index (χ3n) is 4.06. The SMILES string of the molecule is Cc1ccc(-n2nc(C(=O)NCc3ccncc3)cc2C)cc1C. The number of aryl methyl sites for hydroxylation is 3. The second-order valence-corrected chi connectivity index (χ2v) is 5.89. The predicted molar refractivity (Wildman–Crippen MR) is 93.2 cm³/mol. The maximum absolute atomic E-state index is 12.3. The van der Waals surface area contributed by atoms with Crippen LogP contribution in [0.4, 0.5) is 0 Å². The number of benzene rings is 1. The molecule has 1 aromatic carbocycles. The van der Waals surface area contributed by atoms with E-state index in [0.717, 1.165) is 16.9 Å². The molecule has 5 nitrogen and oxygen atoms in total. The fourth-order valence-electron chi connectivity index (χ4n) is 2.48. The number of carbonyl (C=O) groups is 1. The Kier molecular flexibility index (Phi) is 4.42. The lowest BCUT2D eigenvalue weighted by molar-refractivity contribution is 0.0945. The zero-order valence-corrected chi connectivity index (χ0v) is 14.1. The van der Waals surface area contributed by atoms with Crippen LogP contribution in [0.1, 0.15) is 32.9 Å². The van der Waals surface area contributed by atoms with E-state index in [0.29, 0.717) is 12.2 Å². The van der Waals surface area contributed by atoms with Gasteiger partial charge in [0.1, 0.15) is 0 Å². The van der Waals surface area contributed by atoms with Crippen LogP contribution in [0, 0.1) is 20.8 Å². The van der Waals surface area contributed by atoms with Crippen LogP contribution >= 0.6 is 0 Å². The molecule has 3 rings (SSSR count). The molecule has 0 saturated heterocycles. The second-order valence-electron chi connectivity index (χ2n) is 5.89. The van der Waals surface area contributed by atoms with Crippen LogP contribution in [0.15, 0.2) is 48.8 Å². The lowest BCUT2D eigenvalue weighted by Gasteiger charge is -2.07. The lowest BCUT2D eigenvalue weighted by atomic mass is 10.1. The van der Waals surface area contributed by atoms with Gasteiger partial charge in [-0.05, 0) is 67.8 Å². The van der Waals surface area contributed by atoms with Crippen molar-refractivity contribution in [3.63, 3.8) is 0 Å². The van der Waals surface area contributed by atoms with Crippen molar-refractivity contribution >= 4 is 5.91 Å². The summed E-state index contributed by atoms with van der Waals surface area (Å²) in [5.41, 5.74) is 5.74. The van der Waals surface area contributed by atoms with Gasteiger partial charge in [0, 0.05) is 24.6 Å². The molecular formula is C19H20N4O. The molecule has 1 N–H and O–H groups in total. The maximum Gasteiger partial charge on any atom is 0.272 e. The summed E-state index contributed by atoms with van der Waals surface area (Å²) in [6, 6.07) is 11.7. The largest absolute Gasteiger partial charge is 0.347 e. The molecule has 0 aliphatic carbocycles. The van der Waals surface area contributed by atoms with Gasteiger partial charge < -0.3 is 5.32 Å². The van der Waals surface area contributed by atoms with Crippen LogP contribution in [0.5, 0.6) is 0 Å². The summed E-state index contributed by atoms with van der Waals surface area (Å²) in [7, 11) is 0. The predicted octanol–water partition coefficient (Wildman–Crippen LogP) is 3.12. The average Bonchev–Trinajstić information content (AvgIpc) is 2.98. The van der Waals surface area contributed by atoms with Crippen molar-refractivity contribution in [1.82, 2.24) is 20.1 Å². The fourth-order valence-corrected chi connectivity index (χ4v) is 2.48. The summed E-state index contributed by atoms with van der Waals surface area (Å²) in [4.78, 5) is 16.3. The normalized spacial score (nSPS) is 10.6. The molecule has 0 bridgehead atoms. The van der Waals surface area contributed by atoms with E-state index in [1.165, 1.54) is 11.1 Å². The van der Waals surface area contributed by atoms with Crippen LogP contribution in [-0.2, 0) is 6.54 Å². The van der Waals surface area contributed by atoms with Gasteiger partial charge in [-0.2, -0.15) is 5.10 Å². The smallest absolute Gasteiger partial charge is 0.272 e. The Morgan fingerprint density at radius 1 is 1.04 bits per heavy atom. The molecule has 24 heavy (non-hydrogen) atoms. The number of amides is 1. The van der Waals surface area contributed by atoms with Crippen LogP contribution in [0.25, 0.3) is 5.69 Å². The van der Waals surface area contributed by atoms with Gasteiger partial charge in [-0.15, -0.1) is 0 Å². The van der Waals surface area contributed by atoms with Gasteiger partial charge >= 0.3 is 0 Å². The molecule has 3 aromatic rings. The highest BCUT2D eigenvalue weighted by atomic mass is 16.1. The Balaban J connectivity index is 1.78. The lowest BCUT2D eigenvalue weighted by Crippen LogP contribution is -2.23. The summed E-state index contributed by atoms with van der Waals surface area (Å²) in [6.45, 7) is 6.55. The first-order valence-corrected chi connectivity index (χ1v) is 7.86. The van der Waals surface area contributed by atoms with Gasteiger partial charge in [0.25, 0.3) is 5.91 Å². The highest BCUT2D eigenvalue weighted by Gasteiger charge is 2.13. The number of nitrogens with one attached hydrogen (secondary N) is 1. The minimum atomic E-state index is -0.183. The third kappa shape index (κ3) is 3.35. The van der Waals surface area contributed by atoms with Gasteiger partial charge in [-0.3, -0.25) is 9.78 Å². The zero-order chi connectivity index (χ0) is 17.1. The van der Waals surface area contributed by atoms with Crippen LogP contribution in [0.2, 0.25) is 0 Å². The van der Waals surface area contributed by atoms with E-state index in [1.807, 2.05) is 25.1 Å². The van der Waals surface area contributed by atoms with Gasteiger partial charge in [-0.1, -0.05) is 6.07 Å². The molecule has 0 atom stereocenters. The second kappa shape index (κ2) is 6.66. The monoisotopic (exact) mass is 320 g/mol. The first-order chi connectivity index (χ1) is 11.5. The Bertz CT molecular complexity index is 868. The number of nitrogens with zero attached hydrogens (tertiary/aromatic N) is 3. The van der Waals surface area contributed by atoms with Crippen molar-refractivity contribution < 1.29 is 4.79 Å². The van der Waals surface area contributed by atoms with E-state index >= 15 is 0 Å². The number of rotatable bonds is 4. The van der Waals surface area contributed by atoms with Gasteiger partial charge in [0.05, 0.1) is 5.69 Å². The Morgan fingerprint density at radius 2 is 1.79 bits per heavy atom. The van der Waals surface area contributed by atoms with E-state index in [1.54, 1.807) is 23.1 Å². The van der Waals surface area contributed by atoms with E-state index < -0.39 is 0 Å². The summed E-state index contributed by atoms with van der Waals surface area (Å²) < 4.78 is 1.80. The van der Waals surface area contributed by atoms with E-state index in [2.05, 4.69) is 41.4 Å². The van der Waals surface area contributed by atoms with Crippen molar-refractivity contribution in [3.05, 3.63) is 76.9 Å². The summed E-state index contributed by atoms with van der Waals surface area (Å²) in [5.74, 6) is -0.183. The topological polar surface area (TPSA) is 59.8 Å². The summed E-state index contributed by atoms with van der Waals surface area (Å²) in [5, 5.41) is 7.34. The van der Waals surface area contributed by atoms with E-state index in [4.69, 9.17) is 0 Å². The molecule has 122 valence electrons. The zero-order valence-electron chi connectivity index (χ0n) is 14.1. The molecule has 0 fully saturated rings. The Morgan fingerprint density at radius 3 is 2.50 bits per heavy atom. The van der Waals surface area contributed by atoms with E-state index in [9.17, 15) is 4.79 Å². The molecule has 2 heterocycles. The molecule has 0 saturated carbocycles. The highest BCUT2D eigenvalue weighted by molar-refractivity contribution is 5.92. The number of hydrogen-bond donors (Lipinski definition) is 1. The number of carbonyl (C=O) groups excluding carboxylic acids is 1. The van der Waals surface area contributed by atoms with Crippen molar-refractivity contribution in [2.45, 2.75) is 27.3 Å². The van der Waals surface area contributed by atoms with Gasteiger partial charge in [0.15, 0.2) is 5.69 Å². The minimum Gasteiger partial charge on any atom is -0.347 e. The fraction of sp³-hybridized carbons (Fsp3) is 0.211. The first kappa shape index (κ1) is 15.9. The molecular weight excluding hydrogens is 300 g/mol. The Labute approximate surface area is 141 Å². The molecule has 5 heteroatoms. The van der Waals surface area contributed by atoms with E-state index in [-0.39, 0.29) is 5.91 Å². The van der Waals surface area contributed by atoms with Crippen molar-refractivity contribution in [3.8, 4) is 5.69 Å². The molecule has 0 radical (unpaired) electrons. The molecule has 0 unspecified atom stereocenters. The number of aromatic nitrogens is 3. The first-order valence-electron chi connectivity index (χ1n) is 7.86. The van der Waals surface area contributed by atoms with Crippen LogP contribution in [0.3, 0.4) is 0 Å². The molecule has 2 aromatic heterocycles. The average molecular weight is 320 g/mol.